The van der Waals surface area contributed by atoms with Crippen molar-refractivity contribution in [3.63, 3.8) is 0 Å². The van der Waals surface area contributed by atoms with Gasteiger partial charge in [0.2, 0.25) is 5.91 Å². The van der Waals surface area contributed by atoms with Crippen molar-refractivity contribution in [2.24, 2.45) is 5.41 Å². The first-order valence-corrected chi connectivity index (χ1v) is 12.0. The second-order valence-corrected chi connectivity index (χ2v) is 9.58. The third kappa shape index (κ3) is 5.85. The van der Waals surface area contributed by atoms with Gasteiger partial charge in [-0.2, -0.15) is 0 Å². The maximum Gasteiger partial charge on any atom is 0.255 e. The summed E-state index contributed by atoms with van der Waals surface area (Å²) in [5.41, 5.74) is -0.0466. The van der Waals surface area contributed by atoms with E-state index >= 15 is 0 Å². The molecule has 1 atom stereocenters. The van der Waals surface area contributed by atoms with E-state index in [1.54, 1.807) is 41.3 Å². The summed E-state index contributed by atoms with van der Waals surface area (Å²) >= 11 is 6.29. The predicted molar refractivity (Wildman–Crippen MR) is 126 cm³/mol. The number of benzene rings is 2. The molecule has 0 spiro atoms. The molecular weight excluding hydrogens is 443 g/mol. The summed E-state index contributed by atoms with van der Waals surface area (Å²) < 4.78 is 19.4. The molecule has 33 heavy (non-hydrogen) atoms. The van der Waals surface area contributed by atoms with Gasteiger partial charge in [0.1, 0.15) is 11.6 Å². The Morgan fingerprint density at radius 2 is 1.64 bits per heavy atom. The van der Waals surface area contributed by atoms with Gasteiger partial charge in [0.25, 0.3) is 5.91 Å². The summed E-state index contributed by atoms with van der Waals surface area (Å²) in [6.45, 7) is 2.88. The van der Waals surface area contributed by atoms with Gasteiger partial charge in [0.05, 0.1) is 17.2 Å². The molecule has 2 aliphatic rings. The maximum atomic E-state index is 13.3. The van der Waals surface area contributed by atoms with E-state index in [9.17, 15) is 14.0 Å². The number of rotatable bonds is 6. The molecule has 0 radical (unpaired) electrons. The number of hydrogen-bond acceptors (Lipinski definition) is 3. The van der Waals surface area contributed by atoms with Crippen molar-refractivity contribution < 1.29 is 18.7 Å². The highest BCUT2D eigenvalue weighted by molar-refractivity contribution is 6.33. The zero-order valence-electron chi connectivity index (χ0n) is 18.8. The summed E-state index contributed by atoms with van der Waals surface area (Å²) in [5, 5.41) is 0.422. The van der Waals surface area contributed by atoms with E-state index in [-0.39, 0.29) is 24.2 Å². The fourth-order valence-electron chi connectivity index (χ4n) is 4.84. The molecule has 0 bridgehead atoms. The first-order chi connectivity index (χ1) is 16.0. The topological polar surface area (TPSA) is 49.9 Å². The van der Waals surface area contributed by atoms with E-state index in [0.29, 0.717) is 35.8 Å². The van der Waals surface area contributed by atoms with Crippen LogP contribution in [0.15, 0.2) is 48.5 Å². The minimum atomic E-state index is -0.516. The summed E-state index contributed by atoms with van der Waals surface area (Å²) in [6, 6.07) is 12.9. The Balaban J connectivity index is 1.54. The van der Waals surface area contributed by atoms with Gasteiger partial charge >= 0.3 is 0 Å². The molecule has 0 aliphatic carbocycles. The number of carbonyl (C=O) groups excluding carboxylic acids is 2. The van der Waals surface area contributed by atoms with Crippen LogP contribution in [-0.4, -0.2) is 54.4 Å². The second-order valence-electron chi connectivity index (χ2n) is 9.17. The van der Waals surface area contributed by atoms with Gasteiger partial charge in [-0.25, -0.2) is 4.39 Å². The summed E-state index contributed by atoms with van der Waals surface area (Å²) in [4.78, 5) is 30.2. The van der Waals surface area contributed by atoms with E-state index in [4.69, 9.17) is 16.3 Å². The Hall–Kier alpha value is -2.60. The normalized spacial score (nSPS) is 21.0. The van der Waals surface area contributed by atoms with Gasteiger partial charge in [0.15, 0.2) is 0 Å². The van der Waals surface area contributed by atoms with Crippen molar-refractivity contribution in [3.05, 3.63) is 64.9 Å². The van der Waals surface area contributed by atoms with Crippen molar-refractivity contribution in [2.75, 3.05) is 32.8 Å². The number of piperidine rings is 2. The number of nitrogens with zero attached hydrogens (tertiary/aromatic N) is 2. The lowest BCUT2D eigenvalue weighted by molar-refractivity contribution is -0.136. The van der Waals surface area contributed by atoms with Gasteiger partial charge < -0.3 is 14.5 Å². The fraction of sp³-hybridized carbons (Fsp3) is 0.462. The monoisotopic (exact) mass is 472 g/mol. The molecule has 2 heterocycles. The summed E-state index contributed by atoms with van der Waals surface area (Å²) in [6.07, 6.45) is 5.09. The third-order valence-corrected chi connectivity index (χ3v) is 6.98. The van der Waals surface area contributed by atoms with E-state index in [1.165, 1.54) is 12.1 Å². The van der Waals surface area contributed by atoms with E-state index < -0.39 is 5.41 Å². The van der Waals surface area contributed by atoms with Crippen LogP contribution in [0, 0.1) is 11.2 Å². The van der Waals surface area contributed by atoms with Crippen molar-refractivity contribution >= 4 is 23.4 Å². The number of amides is 2. The molecule has 5 nitrogen and oxygen atoms in total. The standard InChI is InChI=1S/C26H30ClFN2O3/c27-23-8-3-2-7-22(23)25(32)30-16-6-13-26(18-30,17-24(31)29-14-4-1-5-15-29)19-33-21-11-9-20(28)10-12-21/h2-3,7-12H,1,4-6,13-19H2/t26-/m1/s1. The Morgan fingerprint density at radius 3 is 2.36 bits per heavy atom. The molecule has 0 aromatic heterocycles. The minimum absolute atomic E-state index is 0.115. The van der Waals surface area contributed by atoms with Crippen LogP contribution in [0.2, 0.25) is 5.02 Å². The highest BCUT2D eigenvalue weighted by Crippen LogP contribution is 2.36. The van der Waals surface area contributed by atoms with Gasteiger partial charge in [-0.05, 0) is 68.5 Å². The lowest BCUT2D eigenvalue weighted by atomic mass is 9.77. The lowest BCUT2D eigenvalue weighted by Gasteiger charge is -2.43. The van der Waals surface area contributed by atoms with Crippen LogP contribution in [-0.2, 0) is 4.79 Å². The quantitative estimate of drug-likeness (QED) is 0.581. The van der Waals surface area contributed by atoms with Gasteiger partial charge in [-0.15, -0.1) is 0 Å². The van der Waals surface area contributed by atoms with Crippen molar-refractivity contribution in [2.45, 2.75) is 38.5 Å². The van der Waals surface area contributed by atoms with Crippen LogP contribution < -0.4 is 4.74 Å². The molecule has 2 amide bonds. The Bertz CT molecular complexity index is 978. The number of ether oxygens (including phenoxy) is 1. The van der Waals surface area contributed by atoms with Crippen LogP contribution in [0.25, 0.3) is 0 Å². The zero-order chi connectivity index (χ0) is 23.3. The number of halogens is 2. The molecule has 2 aromatic rings. The molecule has 0 unspecified atom stereocenters. The molecule has 2 aromatic carbocycles. The van der Waals surface area contributed by atoms with E-state index in [1.807, 2.05) is 4.90 Å². The summed E-state index contributed by atoms with van der Waals surface area (Å²) in [5.74, 6) is 0.212. The number of carbonyl (C=O) groups is 2. The molecule has 2 aliphatic heterocycles. The van der Waals surface area contributed by atoms with E-state index in [2.05, 4.69) is 0 Å². The molecule has 2 fully saturated rings. The largest absolute Gasteiger partial charge is 0.493 e. The molecule has 4 rings (SSSR count). The van der Waals surface area contributed by atoms with Crippen LogP contribution in [0.1, 0.15) is 48.9 Å². The van der Waals surface area contributed by atoms with Crippen LogP contribution in [0.5, 0.6) is 5.75 Å². The summed E-state index contributed by atoms with van der Waals surface area (Å²) in [7, 11) is 0. The van der Waals surface area contributed by atoms with E-state index in [0.717, 1.165) is 45.2 Å². The van der Waals surface area contributed by atoms with Crippen molar-refractivity contribution in [1.29, 1.82) is 0 Å². The van der Waals surface area contributed by atoms with Gasteiger partial charge in [-0.1, -0.05) is 23.7 Å². The lowest BCUT2D eigenvalue weighted by Crippen LogP contribution is -2.51. The number of likely N-dealkylation sites (tertiary alicyclic amines) is 2. The molecular formula is C26H30ClFN2O3. The molecule has 0 saturated carbocycles. The first kappa shape index (κ1) is 23.6. The third-order valence-electron chi connectivity index (χ3n) is 6.65. The molecule has 2 saturated heterocycles. The van der Waals surface area contributed by atoms with Crippen molar-refractivity contribution in [1.82, 2.24) is 9.80 Å². The highest BCUT2D eigenvalue weighted by Gasteiger charge is 2.41. The SMILES string of the molecule is O=C(C[C@]1(COc2ccc(F)cc2)CCCN(C(=O)c2ccccc2Cl)C1)N1CCCCC1. The van der Waals surface area contributed by atoms with Crippen LogP contribution in [0.4, 0.5) is 4.39 Å². The average molecular weight is 473 g/mol. The molecule has 7 heteroatoms. The van der Waals surface area contributed by atoms with Gasteiger partial charge in [0, 0.05) is 38.0 Å². The molecule has 176 valence electrons. The predicted octanol–water partition coefficient (Wildman–Crippen LogP) is 5.18. The van der Waals surface area contributed by atoms with Crippen molar-refractivity contribution in [3.8, 4) is 5.75 Å². The first-order valence-electron chi connectivity index (χ1n) is 11.7. The average Bonchev–Trinajstić information content (AvgIpc) is 2.84. The Labute approximate surface area is 199 Å². The van der Waals surface area contributed by atoms with Crippen LogP contribution in [0.3, 0.4) is 0 Å². The minimum Gasteiger partial charge on any atom is -0.493 e. The zero-order valence-corrected chi connectivity index (χ0v) is 19.5. The smallest absolute Gasteiger partial charge is 0.255 e. The molecule has 0 N–H and O–H groups in total. The maximum absolute atomic E-state index is 13.3. The fourth-order valence-corrected chi connectivity index (χ4v) is 5.06. The van der Waals surface area contributed by atoms with Crippen LogP contribution >= 0.6 is 11.6 Å². The Kier molecular flexibility index (Phi) is 7.53. The Morgan fingerprint density at radius 1 is 0.939 bits per heavy atom. The van der Waals surface area contributed by atoms with Gasteiger partial charge in [-0.3, -0.25) is 9.59 Å². The second kappa shape index (κ2) is 10.6. The number of hydrogen-bond donors (Lipinski definition) is 0. The highest BCUT2D eigenvalue weighted by atomic mass is 35.5.